The fourth-order valence-corrected chi connectivity index (χ4v) is 10.7. The first-order chi connectivity index (χ1) is 24.6. The van der Waals surface area contributed by atoms with E-state index >= 15 is 0 Å². The third-order valence-corrected chi connectivity index (χ3v) is 12.7. The van der Waals surface area contributed by atoms with E-state index in [-0.39, 0.29) is 12.1 Å². The van der Waals surface area contributed by atoms with Gasteiger partial charge in [0.2, 0.25) is 0 Å². The SMILES string of the molecule is CC1(C)c2cc3c4cccc5c6ccccc6n(c3c3c2B2c6c(cccc6Oc6c2c1cc1c2cccc7c8ccccc8n(c61)c72)O3)c54. The van der Waals surface area contributed by atoms with E-state index in [1.807, 2.05) is 0 Å². The van der Waals surface area contributed by atoms with Crippen molar-refractivity contribution in [3.05, 3.63) is 126 Å². The van der Waals surface area contributed by atoms with E-state index in [0.29, 0.717) is 0 Å². The van der Waals surface area contributed by atoms with Crippen LogP contribution in [0.4, 0.5) is 0 Å². The summed E-state index contributed by atoms with van der Waals surface area (Å²) in [5, 5.41) is 10.2. The third-order valence-electron chi connectivity index (χ3n) is 12.7. The highest BCUT2D eigenvalue weighted by Crippen LogP contribution is 2.52. The highest BCUT2D eigenvalue weighted by atomic mass is 16.5. The molecule has 0 atom stereocenters. The molecule has 0 unspecified atom stereocenters. The fourth-order valence-electron chi connectivity index (χ4n) is 10.7. The Kier molecular flexibility index (Phi) is 3.81. The van der Waals surface area contributed by atoms with Gasteiger partial charge in [-0.3, -0.25) is 0 Å². The van der Waals surface area contributed by atoms with Crippen LogP contribution in [0.2, 0.25) is 0 Å². The van der Waals surface area contributed by atoms with E-state index in [2.05, 4.69) is 138 Å². The predicted octanol–water partition coefficient (Wildman–Crippen LogP) is 9.35. The smallest absolute Gasteiger partial charge is 0.261 e. The molecule has 0 bridgehead atoms. The van der Waals surface area contributed by atoms with Gasteiger partial charge in [0, 0.05) is 54.0 Å². The minimum atomic E-state index is -0.314. The second-order valence-corrected chi connectivity index (χ2v) is 15.2. The summed E-state index contributed by atoms with van der Waals surface area (Å²) in [7, 11) is 0. The van der Waals surface area contributed by atoms with Crippen LogP contribution in [-0.4, -0.2) is 15.5 Å². The van der Waals surface area contributed by atoms with Crippen LogP contribution in [0, 0.1) is 0 Å². The zero-order valence-electron chi connectivity index (χ0n) is 27.3. The molecule has 0 radical (unpaired) electrons. The maximum absolute atomic E-state index is 7.20. The van der Waals surface area contributed by atoms with Crippen molar-refractivity contribution >= 4 is 99.3 Å². The van der Waals surface area contributed by atoms with Gasteiger partial charge in [0.1, 0.15) is 23.0 Å². The molecule has 50 heavy (non-hydrogen) atoms. The maximum atomic E-state index is 7.20. The van der Waals surface area contributed by atoms with Crippen LogP contribution in [-0.2, 0) is 5.41 Å². The molecular formula is C45H25BN2O2. The lowest BCUT2D eigenvalue weighted by molar-refractivity contribution is 0.464. The lowest BCUT2D eigenvalue weighted by Gasteiger charge is -2.44. The zero-order chi connectivity index (χ0) is 32.4. The summed E-state index contributed by atoms with van der Waals surface area (Å²) in [5.41, 5.74) is 13.4. The van der Waals surface area contributed by atoms with E-state index in [4.69, 9.17) is 9.47 Å². The Morgan fingerprint density at radius 2 is 0.860 bits per heavy atom. The van der Waals surface area contributed by atoms with Crippen molar-refractivity contribution in [3.8, 4) is 23.0 Å². The van der Waals surface area contributed by atoms with Crippen LogP contribution in [0.1, 0.15) is 25.0 Å². The average Bonchev–Trinajstić information content (AvgIpc) is 3.87. The van der Waals surface area contributed by atoms with Gasteiger partial charge in [0.05, 0.1) is 33.1 Å². The van der Waals surface area contributed by atoms with Crippen molar-refractivity contribution in [2.45, 2.75) is 19.3 Å². The average molecular weight is 637 g/mol. The lowest BCUT2D eigenvalue weighted by Crippen LogP contribution is -2.64. The molecule has 3 aliphatic heterocycles. The number of nitrogens with zero attached hydrogens (tertiary/aromatic N) is 2. The minimum Gasteiger partial charge on any atom is -0.456 e. The molecule has 4 aromatic heterocycles. The molecule has 0 spiro atoms. The number of rotatable bonds is 0. The van der Waals surface area contributed by atoms with Crippen LogP contribution >= 0.6 is 0 Å². The summed E-state index contributed by atoms with van der Waals surface area (Å²) < 4.78 is 19.3. The number of para-hydroxylation sites is 4. The fraction of sp³-hybridized carbons (Fsp3) is 0.0667. The van der Waals surface area contributed by atoms with Crippen molar-refractivity contribution in [1.29, 1.82) is 0 Å². The van der Waals surface area contributed by atoms with Gasteiger partial charge < -0.3 is 18.3 Å². The maximum Gasteiger partial charge on any atom is 0.261 e. The largest absolute Gasteiger partial charge is 0.456 e. The number of hydrogen-bond donors (Lipinski definition) is 0. The predicted molar refractivity (Wildman–Crippen MR) is 206 cm³/mol. The van der Waals surface area contributed by atoms with E-state index in [9.17, 15) is 0 Å². The Morgan fingerprint density at radius 3 is 1.36 bits per heavy atom. The molecule has 0 fully saturated rings. The van der Waals surface area contributed by atoms with Gasteiger partial charge in [0.15, 0.2) is 0 Å². The van der Waals surface area contributed by atoms with Gasteiger partial charge in [-0.15, -0.1) is 0 Å². The lowest BCUT2D eigenvalue weighted by atomic mass is 9.29. The first kappa shape index (κ1) is 24.9. The quantitative estimate of drug-likeness (QED) is 0.155. The van der Waals surface area contributed by atoms with Gasteiger partial charge in [-0.1, -0.05) is 92.7 Å². The number of ether oxygens (including phenoxy) is 2. The number of aromatic nitrogens is 2. The van der Waals surface area contributed by atoms with E-state index in [0.717, 1.165) is 39.5 Å². The molecular weight excluding hydrogens is 611 g/mol. The molecule has 14 rings (SSSR count). The van der Waals surface area contributed by atoms with Crippen LogP contribution in [0.3, 0.4) is 0 Å². The van der Waals surface area contributed by atoms with Crippen molar-refractivity contribution in [3.63, 3.8) is 0 Å². The normalized spacial score (nSPS) is 15.4. The van der Waals surface area contributed by atoms with E-state index in [1.165, 1.54) is 87.2 Å². The highest BCUT2D eigenvalue weighted by Gasteiger charge is 2.51. The van der Waals surface area contributed by atoms with Crippen molar-refractivity contribution in [2.24, 2.45) is 0 Å². The summed E-state index contributed by atoms with van der Waals surface area (Å²) in [6, 6.07) is 42.5. The van der Waals surface area contributed by atoms with Crippen LogP contribution in [0.15, 0.2) is 115 Å². The molecule has 0 saturated heterocycles. The summed E-state index contributed by atoms with van der Waals surface area (Å²) in [5.74, 6) is 3.74. The third kappa shape index (κ3) is 2.41. The van der Waals surface area contributed by atoms with Crippen molar-refractivity contribution < 1.29 is 9.47 Å². The molecule has 3 aliphatic rings. The molecule has 11 aromatic rings. The van der Waals surface area contributed by atoms with Crippen molar-refractivity contribution in [1.82, 2.24) is 8.80 Å². The Bertz CT molecular complexity index is 3200. The number of fused-ring (bicyclic) bond motifs is 14. The van der Waals surface area contributed by atoms with Crippen LogP contribution in [0.25, 0.3) is 76.2 Å². The minimum absolute atomic E-state index is 0.00983. The summed E-state index contributed by atoms with van der Waals surface area (Å²) in [6.45, 7) is 4.80. The Labute approximate surface area is 285 Å². The topological polar surface area (TPSA) is 27.3 Å². The summed E-state index contributed by atoms with van der Waals surface area (Å²) >= 11 is 0. The molecule has 0 amide bonds. The van der Waals surface area contributed by atoms with E-state index in [1.54, 1.807) is 0 Å². The number of benzene rings is 7. The number of hydrogen-bond acceptors (Lipinski definition) is 2. The van der Waals surface area contributed by atoms with Gasteiger partial charge in [-0.25, -0.2) is 0 Å². The second-order valence-electron chi connectivity index (χ2n) is 15.2. The standard InChI is InChI=1S/C45H25BN2O2/c1-45(2)30-20-28-26-14-7-12-24-22-10-3-5-16-32(22)47(39(24)26)41(28)43-36(30)46-37-31(45)21-29-27-15-8-13-25-23-11-4-6-17-33(23)48(40(25)27)42(29)44(37)50-35-19-9-18-34(49-43)38(35)46/h3-21H,1-2H3. The summed E-state index contributed by atoms with van der Waals surface area (Å²) in [4.78, 5) is 0. The van der Waals surface area contributed by atoms with Gasteiger partial charge in [0.25, 0.3) is 6.71 Å². The molecule has 230 valence electrons. The molecule has 0 aliphatic carbocycles. The van der Waals surface area contributed by atoms with Gasteiger partial charge >= 0.3 is 0 Å². The summed E-state index contributed by atoms with van der Waals surface area (Å²) in [6.07, 6.45) is 0. The Balaban J connectivity index is 1.23. The molecule has 4 nitrogen and oxygen atoms in total. The first-order valence-electron chi connectivity index (χ1n) is 17.6. The Hall–Kier alpha value is -6.20. The Morgan fingerprint density at radius 1 is 0.440 bits per heavy atom. The van der Waals surface area contributed by atoms with E-state index < -0.39 is 0 Å². The molecule has 7 heterocycles. The molecule has 5 heteroatoms. The molecule has 0 saturated carbocycles. The second kappa shape index (κ2) is 7.66. The van der Waals surface area contributed by atoms with Crippen LogP contribution < -0.4 is 25.9 Å². The first-order valence-corrected chi connectivity index (χ1v) is 17.6. The zero-order valence-corrected chi connectivity index (χ0v) is 27.3. The van der Waals surface area contributed by atoms with Gasteiger partial charge in [-0.05, 0) is 58.5 Å². The molecule has 0 N–H and O–H groups in total. The monoisotopic (exact) mass is 636 g/mol. The van der Waals surface area contributed by atoms with Crippen LogP contribution in [0.5, 0.6) is 23.0 Å². The highest BCUT2D eigenvalue weighted by molar-refractivity contribution is 6.99. The van der Waals surface area contributed by atoms with Gasteiger partial charge in [-0.2, -0.15) is 0 Å². The van der Waals surface area contributed by atoms with Crippen molar-refractivity contribution in [2.75, 3.05) is 0 Å². The molecule has 7 aromatic carbocycles.